The van der Waals surface area contributed by atoms with E-state index in [1.165, 1.54) is 5.57 Å². The molecule has 1 unspecified atom stereocenters. The van der Waals surface area contributed by atoms with Gasteiger partial charge >= 0.3 is 0 Å². The standard InChI is InChI=1S/C11H20O/c1-6-11(12-10(4)5)8-7-9(2)3/h6-7,10-11H,1,8H2,2-5H3. The van der Waals surface area contributed by atoms with E-state index in [0.717, 1.165) is 6.42 Å². The zero-order valence-corrected chi connectivity index (χ0v) is 8.63. The summed E-state index contributed by atoms with van der Waals surface area (Å²) in [7, 11) is 0. The van der Waals surface area contributed by atoms with Crippen molar-refractivity contribution < 1.29 is 4.74 Å². The van der Waals surface area contributed by atoms with Gasteiger partial charge in [0, 0.05) is 0 Å². The lowest BCUT2D eigenvalue weighted by atomic mass is 10.2. The molecule has 0 bridgehead atoms. The van der Waals surface area contributed by atoms with Gasteiger partial charge in [0.05, 0.1) is 12.2 Å². The quantitative estimate of drug-likeness (QED) is 0.572. The van der Waals surface area contributed by atoms with Gasteiger partial charge in [-0.15, -0.1) is 6.58 Å². The third-order valence-corrected chi connectivity index (χ3v) is 1.47. The highest BCUT2D eigenvalue weighted by molar-refractivity contribution is 4.97. The molecule has 0 spiro atoms. The molecule has 0 aliphatic rings. The molecule has 0 saturated carbocycles. The van der Waals surface area contributed by atoms with Gasteiger partial charge in [-0.25, -0.2) is 0 Å². The van der Waals surface area contributed by atoms with Crippen molar-refractivity contribution in [2.75, 3.05) is 0 Å². The molecule has 1 heteroatoms. The summed E-state index contributed by atoms with van der Waals surface area (Å²) in [5.41, 5.74) is 1.33. The summed E-state index contributed by atoms with van der Waals surface area (Å²) in [6, 6.07) is 0. The highest BCUT2D eigenvalue weighted by atomic mass is 16.5. The number of hydrogen-bond donors (Lipinski definition) is 0. The van der Waals surface area contributed by atoms with E-state index in [4.69, 9.17) is 4.74 Å². The van der Waals surface area contributed by atoms with E-state index in [9.17, 15) is 0 Å². The smallest absolute Gasteiger partial charge is 0.0791 e. The first-order chi connectivity index (χ1) is 5.56. The van der Waals surface area contributed by atoms with Crippen molar-refractivity contribution >= 4 is 0 Å². The zero-order chi connectivity index (χ0) is 9.56. The van der Waals surface area contributed by atoms with E-state index in [1.54, 1.807) is 0 Å². The van der Waals surface area contributed by atoms with E-state index in [0.29, 0.717) is 0 Å². The van der Waals surface area contributed by atoms with Gasteiger partial charge < -0.3 is 4.74 Å². The van der Waals surface area contributed by atoms with Gasteiger partial charge in [0.2, 0.25) is 0 Å². The average Bonchev–Trinajstić information content (AvgIpc) is 1.97. The molecule has 0 amide bonds. The van der Waals surface area contributed by atoms with Crippen LogP contribution in [0.4, 0.5) is 0 Å². The Morgan fingerprint density at radius 2 is 2.00 bits per heavy atom. The summed E-state index contributed by atoms with van der Waals surface area (Å²) in [5, 5.41) is 0. The van der Waals surface area contributed by atoms with Crippen LogP contribution in [0.1, 0.15) is 34.1 Å². The maximum absolute atomic E-state index is 5.59. The monoisotopic (exact) mass is 168 g/mol. The topological polar surface area (TPSA) is 9.23 Å². The van der Waals surface area contributed by atoms with Gasteiger partial charge in [0.15, 0.2) is 0 Å². The summed E-state index contributed by atoms with van der Waals surface area (Å²) in [6.45, 7) is 12.0. The fourth-order valence-electron chi connectivity index (χ4n) is 0.909. The molecular weight excluding hydrogens is 148 g/mol. The van der Waals surface area contributed by atoms with Crippen molar-refractivity contribution in [1.29, 1.82) is 0 Å². The molecular formula is C11H20O. The van der Waals surface area contributed by atoms with E-state index in [1.807, 2.05) is 19.9 Å². The highest BCUT2D eigenvalue weighted by Gasteiger charge is 2.03. The van der Waals surface area contributed by atoms with Crippen molar-refractivity contribution in [3.63, 3.8) is 0 Å². The van der Waals surface area contributed by atoms with Gasteiger partial charge in [-0.3, -0.25) is 0 Å². The van der Waals surface area contributed by atoms with Crippen LogP contribution in [-0.4, -0.2) is 12.2 Å². The predicted molar refractivity (Wildman–Crippen MR) is 54.3 cm³/mol. The number of rotatable bonds is 5. The van der Waals surface area contributed by atoms with Crippen LogP contribution in [0.2, 0.25) is 0 Å². The second kappa shape index (κ2) is 6.01. The van der Waals surface area contributed by atoms with Crippen LogP contribution >= 0.6 is 0 Å². The Hall–Kier alpha value is -0.560. The molecule has 0 radical (unpaired) electrons. The molecule has 0 aromatic carbocycles. The minimum atomic E-state index is 0.167. The Kier molecular flexibility index (Phi) is 5.73. The largest absolute Gasteiger partial charge is 0.371 e. The van der Waals surface area contributed by atoms with E-state index in [-0.39, 0.29) is 12.2 Å². The van der Waals surface area contributed by atoms with E-state index < -0.39 is 0 Å². The van der Waals surface area contributed by atoms with Crippen LogP contribution in [0.5, 0.6) is 0 Å². The molecule has 1 atom stereocenters. The molecule has 0 aromatic rings. The number of allylic oxidation sites excluding steroid dienone is 1. The molecule has 0 N–H and O–H groups in total. The lowest BCUT2D eigenvalue weighted by Gasteiger charge is -2.15. The normalized spacial score (nSPS) is 12.8. The minimum Gasteiger partial charge on any atom is -0.371 e. The van der Waals surface area contributed by atoms with Gasteiger partial charge in [0.25, 0.3) is 0 Å². The molecule has 0 saturated heterocycles. The summed E-state index contributed by atoms with van der Waals surface area (Å²) in [5.74, 6) is 0. The van der Waals surface area contributed by atoms with Crippen molar-refractivity contribution in [2.45, 2.75) is 46.3 Å². The van der Waals surface area contributed by atoms with Gasteiger partial charge in [0.1, 0.15) is 0 Å². The fraction of sp³-hybridized carbons (Fsp3) is 0.636. The first-order valence-corrected chi connectivity index (χ1v) is 4.47. The Bertz CT molecular complexity index is 152. The molecule has 0 heterocycles. The number of hydrogen-bond acceptors (Lipinski definition) is 1. The fourth-order valence-corrected chi connectivity index (χ4v) is 0.909. The van der Waals surface area contributed by atoms with Gasteiger partial charge in [-0.1, -0.05) is 17.7 Å². The van der Waals surface area contributed by atoms with Crippen LogP contribution in [0.25, 0.3) is 0 Å². The van der Waals surface area contributed by atoms with E-state index >= 15 is 0 Å². The van der Waals surface area contributed by atoms with Crippen molar-refractivity contribution in [1.82, 2.24) is 0 Å². The summed E-state index contributed by atoms with van der Waals surface area (Å²) >= 11 is 0. The third kappa shape index (κ3) is 6.17. The van der Waals surface area contributed by atoms with Crippen LogP contribution in [0, 0.1) is 0 Å². The SMILES string of the molecule is C=CC(CC=C(C)C)OC(C)C. The highest BCUT2D eigenvalue weighted by Crippen LogP contribution is 2.06. The Morgan fingerprint density at radius 1 is 1.42 bits per heavy atom. The molecule has 70 valence electrons. The molecule has 12 heavy (non-hydrogen) atoms. The third-order valence-electron chi connectivity index (χ3n) is 1.47. The van der Waals surface area contributed by atoms with Crippen LogP contribution in [0.15, 0.2) is 24.3 Å². The molecule has 0 rings (SSSR count). The molecule has 0 aromatic heterocycles. The maximum Gasteiger partial charge on any atom is 0.0791 e. The second-order valence-corrected chi connectivity index (χ2v) is 3.48. The molecule has 0 aliphatic carbocycles. The Balaban J connectivity index is 3.83. The first kappa shape index (κ1) is 11.4. The second-order valence-electron chi connectivity index (χ2n) is 3.48. The van der Waals surface area contributed by atoms with Crippen molar-refractivity contribution in [2.24, 2.45) is 0 Å². The van der Waals surface area contributed by atoms with Crippen LogP contribution in [0.3, 0.4) is 0 Å². The maximum atomic E-state index is 5.59. The summed E-state index contributed by atoms with van der Waals surface area (Å²) in [4.78, 5) is 0. The molecule has 1 nitrogen and oxygen atoms in total. The van der Waals surface area contributed by atoms with Crippen LogP contribution < -0.4 is 0 Å². The minimum absolute atomic E-state index is 0.167. The lowest BCUT2D eigenvalue weighted by molar-refractivity contribution is 0.0375. The van der Waals surface area contributed by atoms with Crippen molar-refractivity contribution in [3.05, 3.63) is 24.3 Å². The lowest BCUT2D eigenvalue weighted by Crippen LogP contribution is -2.14. The predicted octanol–water partition coefficient (Wildman–Crippen LogP) is 3.32. The van der Waals surface area contributed by atoms with Crippen molar-refractivity contribution in [3.8, 4) is 0 Å². The van der Waals surface area contributed by atoms with Gasteiger partial charge in [-0.2, -0.15) is 0 Å². The van der Waals surface area contributed by atoms with Gasteiger partial charge in [-0.05, 0) is 34.1 Å². The zero-order valence-electron chi connectivity index (χ0n) is 8.63. The average molecular weight is 168 g/mol. The summed E-state index contributed by atoms with van der Waals surface area (Å²) < 4.78 is 5.59. The Morgan fingerprint density at radius 3 is 2.33 bits per heavy atom. The Labute approximate surface area is 76.1 Å². The molecule has 0 fully saturated rings. The summed E-state index contributed by atoms with van der Waals surface area (Å²) in [6.07, 6.45) is 5.41. The van der Waals surface area contributed by atoms with E-state index in [2.05, 4.69) is 26.5 Å². The molecule has 0 aliphatic heterocycles. The number of ether oxygens (including phenoxy) is 1. The van der Waals surface area contributed by atoms with Crippen LogP contribution in [-0.2, 0) is 4.74 Å². The first-order valence-electron chi connectivity index (χ1n) is 4.47.